The standard InChI is InChI=1S/C10H13NO3S/c1-7-8(10(13)14-2)3-4-9(11-7)15-6-5-12/h3-4,12H,5-6H2,1-2H3. The van der Waals surface area contributed by atoms with Gasteiger partial charge in [-0.15, -0.1) is 11.8 Å². The molecule has 4 nitrogen and oxygen atoms in total. The number of nitrogens with zero attached hydrogens (tertiary/aromatic N) is 1. The highest BCUT2D eigenvalue weighted by atomic mass is 32.2. The van der Waals surface area contributed by atoms with E-state index in [1.165, 1.54) is 18.9 Å². The summed E-state index contributed by atoms with van der Waals surface area (Å²) in [5, 5.41) is 9.46. The van der Waals surface area contributed by atoms with Crippen molar-refractivity contribution in [1.29, 1.82) is 0 Å². The summed E-state index contributed by atoms with van der Waals surface area (Å²) in [7, 11) is 1.34. The molecule has 1 rings (SSSR count). The van der Waals surface area contributed by atoms with Gasteiger partial charge in [-0.3, -0.25) is 0 Å². The maximum absolute atomic E-state index is 11.3. The summed E-state index contributed by atoms with van der Waals surface area (Å²) >= 11 is 1.45. The molecule has 0 unspecified atom stereocenters. The molecule has 0 saturated carbocycles. The molecule has 1 aromatic heterocycles. The number of esters is 1. The van der Waals surface area contributed by atoms with Crippen molar-refractivity contribution >= 4 is 17.7 Å². The average molecular weight is 227 g/mol. The highest BCUT2D eigenvalue weighted by Gasteiger charge is 2.10. The topological polar surface area (TPSA) is 59.4 Å². The quantitative estimate of drug-likeness (QED) is 0.620. The van der Waals surface area contributed by atoms with Crippen LogP contribution >= 0.6 is 11.8 Å². The van der Waals surface area contributed by atoms with Crippen molar-refractivity contribution < 1.29 is 14.6 Å². The number of hydrogen-bond acceptors (Lipinski definition) is 5. The van der Waals surface area contributed by atoms with Gasteiger partial charge in [0.2, 0.25) is 0 Å². The summed E-state index contributed by atoms with van der Waals surface area (Å²) in [5.41, 5.74) is 1.12. The van der Waals surface area contributed by atoms with Crippen LogP contribution in [0, 0.1) is 6.92 Å². The second kappa shape index (κ2) is 5.72. The molecule has 5 heteroatoms. The lowest BCUT2D eigenvalue weighted by Crippen LogP contribution is -2.05. The monoisotopic (exact) mass is 227 g/mol. The van der Waals surface area contributed by atoms with Gasteiger partial charge in [0.25, 0.3) is 0 Å². The van der Waals surface area contributed by atoms with Crippen LogP contribution < -0.4 is 0 Å². The van der Waals surface area contributed by atoms with Gasteiger partial charge >= 0.3 is 5.97 Å². The summed E-state index contributed by atoms with van der Waals surface area (Å²) < 4.78 is 4.61. The summed E-state index contributed by atoms with van der Waals surface area (Å²) in [6.45, 7) is 1.87. The van der Waals surface area contributed by atoms with Crippen LogP contribution in [0.25, 0.3) is 0 Å². The van der Waals surface area contributed by atoms with Crippen molar-refractivity contribution in [2.75, 3.05) is 19.5 Å². The van der Waals surface area contributed by atoms with Gasteiger partial charge in [-0.05, 0) is 19.1 Å². The number of carbonyl (C=O) groups is 1. The van der Waals surface area contributed by atoms with Crippen LogP contribution in [0.1, 0.15) is 16.1 Å². The predicted octanol–water partition coefficient (Wildman–Crippen LogP) is 1.26. The van der Waals surface area contributed by atoms with Crippen molar-refractivity contribution in [3.63, 3.8) is 0 Å². The smallest absolute Gasteiger partial charge is 0.339 e. The van der Waals surface area contributed by atoms with Crippen LogP contribution in [0.3, 0.4) is 0 Å². The highest BCUT2D eigenvalue weighted by Crippen LogP contribution is 2.17. The van der Waals surface area contributed by atoms with Crippen LogP contribution in [-0.2, 0) is 4.74 Å². The molecule has 0 amide bonds. The first-order valence-corrected chi connectivity index (χ1v) is 5.47. The number of methoxy groups -OCH3 is 1. The lowest BCUT2D eigenvalue weighted by molar-refractivity contribution is 0.0599. The van der Waals surface area contributed by atoms with E-state index in [1.54, 1.807) is 19.1 Å². The average Bonchev–Trinajstić information content (AvgIpc) is 2.25. The number of thioether (sulfide) groups is 1. The Bertz CT molecular complexity index is 355. The molecule has 0 bridgehead atoms. The van der Waals surface area contributed by atoms with Crippen molar-refractivity contribution in [3.05, 3.63) is 23.4 Å². The summed E-state index contributed by atoms with van der Waals surface area (Å²) in [5.74, 6) is 0.225. The number of hydrogen-bond donors (Lipinski definition) is 1. The number of aliphatic hydroxyl groups is 1. The van der Waals surface area contributed by atoms with Crippen molar-refractivity contribution in [2.24, 2.45) is 0 Å². The number of aryl methyl sites for hydroxylation is 1. The Morgan fingerprint density at radius 1 is 1.60 bits per heavy atom. The van der Waals surface area contributed by atoms with Gasteiger partial charge in [0, 0.05) is 5.75 Å². The third-order valence-corrected chi connectivity index (χ3v) is 2.72. The lowest BCUT2D eigenvalue weighted by atomic mass is 10.2. The minimum atomic E-state index is -0.376. The first-order valence-electron chi connectivity index (χ1n) is 4.48. The Balaban J connectivity index is 2.83. The fraction of sp³-hybridized carbons (Fsp3) is 0.400. The minimum absolute atomic E-state index is 0.115. The summed E-state index contributed by atoms with van der Waals surface area (Å²) in [4.78, 5) is 15.5. The third-order valence-electron chi connectivity index (χ3n) is 1.81. The molecule has 0 spiro atoms. The molecule has 1 aromatic rings. The highest BCUT2D eigenvalue weighted by molar-refractivity contribution is 7.99. The number of pyridine rings is 1. The van der Waals surface area contributed by atoms with Crippen molar-refractivity contribution in [3.8, 4) is 0 Å². The zero-order valence-electron chi connectivity index (χ0n) is 8.69. The molecule has 0 radical (unpaired) electrons. The van der Waals surface area contributed by atoms with Crippen LogP contribution in [0.5, 0.6) is 0 Å². The van der Waals surface area contributed by atoms with Crippen LogP contribution in [0.15, 0.2) is 17.2 Å². The Morgan fingerprint density at radius 3 is 2.87 bits per heavy atom. The Morgan fingerprint density at radius 2 is 2.33 bits per heavy atom. The molecule has 0 atom stereocenters. The fourth-order valence-electron chi connectivity index (χ4n) is 1.09. The Hall–Kier alpha value is -1.07. The summed E-state index contributed by atoms with van der Waals surface area (Å²) in [6, 6.07) is 3.44. The minimum Gasteiger partial charge on any atom is -0.465 e. The normalized spacial score (nSPS) is 10.1. The second-order valence-corrected chi connectivity index (χ2v) is 3.96. The van der Waals surface area contributed by atoms with Crippen LogP contribution in [0.4, 0.5) is 0 Å². The molecule has 0 aliphatic rings. The first kappa shape index (κ1) is 12.0. The number of aliphatic hydroxyl groups excluding tert-OH is 1. The molecule has 0 aliphatic heterocycles. The van der Waals surface area contributed by atoms with E-state index >= 15 is 0 Å². The van der Waals surface area contributed by atoms with Gasteiger partial charge in [-0.25, -0.2) is 9.78 Å². The number of carbonyl (C=O) groups excluding carboxylic acids is 1. The molecule has 82 valence electrons. The molecular weight excluding hydrogens is 214 g/mol. The molecule has 1 N–H and O–H groups in total. The zero-order valence-corrected chi connectivity index (χ0v) is 9.50. The van der Waals surface area contributed by atoms with E-state index in [9.17, 15) is 4.79 Å². The first-order chi connectivity index (χ1) is 7.19. The van der Waals surface area contributed by atoms with Crippen LogP contribution in [0.2, 0.25) is 0 Å². The van der Waals surface area contributed by atoms with E-state index in [0.29, 0.717) is 17.0 Å². The van der Waals surface area contributed by atoms with E-state index in [1.807, 2.05) is 0 Å². The fourth-order valence-corrected chi connectivity index (χ4v) is 1.76. The van der Waals surface area contributed by atoms with Crippen molar-refractivity contribution in [1.82, 2.24) is 4.98 Å². The predicted molar refractivity (Wildman–Crippen MR) is 58.1 cm³/mol. The van der Waals surface area contributed by atoms with Gasteiger partial charge in [-0.1, -0.05) is 0 Å². The van der Waals surface area contributed by atoms with Gasteiger partial charge in [-0.2, -0.15) is 0 Å². The van der Waals surface area contributed by atoms with Crippen molar-refractivity contribution in [2.45, 2.75) is 11.9 Å². The van der Waals surface area contributed by atoms with Gasteiger partial charge in [0.1, 0.15) is 0 Å². The maximum atomic E-state index is 11.3. The Kier molecular flexibility index (Phi) is 4.58. The van der Waals surface area contributed by atoms with Crippen LogP contribution in [-0.4, -0.2) is 35.5 Å². The molecule has 0 saturated heterocycles. The Labute approximate surface area is 92.7 Å². The number of rotatable bonds is 4. The van der Waals surface area contributed by atoms with E-state index in [-0.39, 0.29) is 12.6 Å². The largest absolute Gasteiger partial charge is 0.465 e. The molecule has 0 aromatic carbocycles. The number of ether oxygens (including phenoxy) is 1. The third kappa shape index (κ3) is 3.21. The van der Waals surface area contributed by atoms with E-state index in [0.717, 1.165) is 5.03 Å². The van der Waals surface area contributed by atoms with E-state index < -0.39 is 0 Å². The van der Waals surface area contributed by atoms with Gasteiger partial charge in [0.15, 0.2) is 0 Å². The molecule has 0 aliphatic carbocycles. The molecule has 15 heavy (non-hydrogen) atoms. The second-order valence-electron chi connectivity index (χ2n) is 2.85. The maximum Gasteiger partial charge on any atom is 0.339 e. The molecular formula is C10H13NO3S. The van der Waals surface area contributed by atoms with E-state index in [4.69, 9.17) is 5.11 Å². The van der Waals surface area contributed by atoms with E-state index in [2.05, 4.69) is 9.72 Å². The van der Waals surface area contributed by atoms with Gasteiger partial charge < -0.3 is 9.84 Å². The summed E-state index contributed by atoms with van der Waals surface area (Å²) in [6.07, 6.45) is 0. The SMILES string of the molecule is COC(=O)c1ccc(SCCO)nc1C. The van der Waals surface area contributed by atoms with Gasteiger partial charge in [0.05, 0.1) is 30.0 Å². The number of aromatic nitrogens is 1. The molecule has 0 fully saturated rings. The lowest BCUT2D eigenvalue weighted by Gasteiger charge is -2.05. The molecule has 1 heterocycles. The zero-order chi connectivity index (χ0) is 11.3.